The highest BCUT2D eigenvalue weighted by Crippen LogP contribution is 2.08. The summed E-state index contributed by atoms with van der Waals surface area (Å²) in [6.45, 7) is 4.16. The molecule has 0 unspecified atom stereocenters. The molecular weight excluding hydrogens is 169 g/mol. The molecule has 1 N–H and O–H groups in total. The van der Waals surface area contributed by atoms with Crippen LogP contribution in [0.1, 0.15) is 26.7 Å². The molecule has 0 aliphatic carbocycles. The summed E-state index contributed by atoms with van der Waals surface area (Å²) >= 11 is 0. The van der Waals surface area contributed by atoms with E-state index >= 15 is 0 Å². The van der Waals surface area contributed by atoms with Gasteiger partial charge in [-0.15, -0.1) is 0 Å². The van der Waals surface area contributed by atoms with Gasteiger partial charge >= 0.3 is 0 Å². The fraction of sp³-hybridized carbons (Fsp3) is 0.556. The lowest BCUT2D eigenvalue weighted by Crippen LogP contribution is -2.17. The van der Waals surface area contributed by atoms with Crippen LogP contribution in [-0.4, -0.2) is 16.0 Å². The molecule has 13 heavy (non-hydrogen) atoms. The first-order valence-corrected chi connectivity index (χ1v) is 4.50. The number of nitrogens with one attached hydrogen (secondary N) is 1. The quantitative estimate of drug-likeness (QED) is 0.727. The highest BCUT2D eigenvalue weighted by molar-refractivity contribution is 5.33. The molecule has 0 amide bonds. The molecule has 0 saturated carbocycles. The van der Waals surface area contributed by atoms with Crippen molar-refractivity contribution in [1.29, 1.82) is 0 Å². The largest absolute Gasteiger partial charge is 0.367 e. The van der Waals surface area contributed by atoms with Crippen molar-refractivity contribution >= 4 is 5.82 Å². The Kier molecular flexibility index (Phi) is 3.61. The monoisotopic (exact) mass is 183 g/mol. The molecule has 0 radical (unpaired) electrons. The Morgan fingerprint density at radius 1 is 1.38 bits per heavy atom. The van der Waals surface area contributed by atoms with E-state index in [9.17, 15) is 4.39 Å². The molecule has 0 spiro atoms. The highest BCUT2D eigenvalue weighted by atomic mass is 19.1. The van der Waals surface area contributed by atoms with Crippen molar-refractivity contribution < 1.29 is 4.39 Å². The van der Waals surface area contributed by atoms with Crippen molar-refractivity contribution in [2.75, 3.05) is 5.32 Å². The van der Waals surface area contributed by atoms with Gasteiger partial charge in [0.25, 0.3) is 0 Å². The van der Waals surface area contributed by atoms with Gasteiger partial charge in [-0.1, -0.05) is 13.8 Å². The minimum absolute atomic E-state index is 0.356. The van der Waals surface area contributed by atoms with E-state index in [1.807, 2.05) is 0 Å². The minimum atomic E-state index is -0.497. The molecule has 0 fully saturated rings. The van der Waals surface area contributed by atoms with Gasteiger partial charge < -0.3 is 5.32 Å². The molecule has 0 bridgehead atoms. The Labute approximate surface area is 77.4 Å². The van der Waals surface area contributed by atoms with E-state index in [0.29, 0.717) is 11.9 Å². The molecule has 3 nitrogen and oxygen atoms in total. The van der Waals surface area contributed by atoms with Gasteiger partial charge in [-0.25, -0.2) is 9.97 Å². The maximum Gasteiger partial charge on any atom is 0.217 e. The van der Waals surface area contributed by atoms with Crippen molar-refractivity contribution in [2.24, 2.45) is 0 Å². The molecule has 72 valence electrons. The summed E-state index contributed by atoms with van der Waals surface area (Å²) in [4.78, 5) is 7.29. The number of halogens is 1. The Hall–Kier alpha value is -1.19. The molecule has 0 aliphatic rings. The second-order valence-corrected chi connectivity index (χ2v) is 2.88. The van der Waals surface area contributed by atoms with Gasteiger partial charge in [0.2, 0.25) is 5.95 Å². The molecule has 0 aromatic carbocycles. The van der Waals surface area contributed by atoms with Gasteiger partial charge in [0.05, 0.1) is 0 Å². The molecule has 1 rings (SSSR count). The zero-order valence-corrected chi connectivity index (χ0v) is 7.92. The van der Waals surface area contributed by atoms with Crippen LogP contribution in [0.4, 0.5) is 10.2 Å². The maximum absolute atomic E-state index is 12.6. The molecule has 0 aliphatic heterocycles. The van der Waals surface area contributed by atoms with Crippen LogP contribution < -0.4 is 5.32 Å². The second kappa shape index (κ2) is 4.74. The Balaban J connectivity index is 2.62. The second-order valence-electron chi connectivity index (χ2n) is 2.88. The standard InChI is InChI=1S/C9H14FN3/c1-3-7(4-2)13-9-5-8(10)11-6-12-9/h5-7H,3-4H2,1-2H3,(H,11,12,13). The Bertz CT molecular complexity index is 261. The third-order valence-electron chi connectivity index (χ3n) is 1.97. The fourth-order valence-corrected chi connectivity index (χ4v) is 1.11. The van der Waals surface area contributed by atoms with Crippen LogP contribution in [-0.2, 0) is 0 Å². The van der Waals surface area contributed by atoms with E-state index < -0.39 is 5.95 Å². The fourth-order valence-electron chi connectivity index (χ4n) is 1.11. The summed E-state index contributed by atoms with van der Waals surface area (Å²) in [7, 11) is 0. The number of rotatable bonds is 4. The topological polar surface area (TPSA) is 37.8 Å². The third kappa shape index (κ3) is 2.97. The summed E-state index contributed by atoms with van der Waals surface area (Å²) < 4.78 is 12.6. The predicted octanol–water partition coefficient (Wildman–Crippen LogP) is 2.22. The van der Waals surface area contributed by atoms with Crippen molar-refractivity contribution in [3.63, 3.8) is 0 Å². The molecule has 4 heteroatoms. The van der Waals surface area contributed by atoms with Crippen molar-refractivity contribution in [3.05, 3.63) is 18.3 Å². The molecule has 1 heterocycles. The molecular formula is C9H14FN3. The van der Waals surface area contributed by atoms with Gasteiger partial charge in [-0.3, -0.25) is 0 Å². The first-order chi connectivity index (χ1) is 6.26. The number of hydrogen-bond acceptors (Lipinski definition) is 3. The summed E-state index contributed by atoms with van der Waals surface area (Å²) in [6, 6.07) is 1.66. The van der Waals surface area contributed by atoms with Crippen LogP contribution in [0.3, 0.4) is 0 Å². The lowest BCUT2D eigenvalue weighted by molar-refractivity contribution is 0.578. The van der Waals surface area contributed by atoms with Crippen LogP contribution in [0.5, 0.6) is 0 Å². The number of hydrogen-bond donors (Lipinski definition) is 1. The number of aromatic nitrogens is 2. The van der Waals surface area contributed by atoms with Crippen LogP contribution >= 0.6 is 0 Å². The van der Waals surface area contributed by atoms with Crippen molar-refractivity contribution in [1.82, 2.24) is 9.97 Å². The Morgan fingerprint density at radius 2 is 2.08 bits per heavy atom. The molecule has 1 aromatic heterocycles. The van der Waals surface area contributed by atoms with Gasteiger partial charge in [0.1, 0.15) is 12.1 Å². The molecule has 0 saturated heterocycles. The molecule has 1 aromatic rings. The Morgan fingerprint density at radius 3 is 2.62 bits per heavy atom. The van der Waals surface area contributed by atoms with Gasteiger partial charge in [0.15, 0.2) is 0 Å². The lowest BCUT2D eigenvalue weighted by Gasteiger charge is -2.14. The average Bonchev–Trinajstić information content (AvgIpc) is 2.14. The third-order valence-corrected chi connectivity index (χ3v) is 1.97. The smallest absolute Gasteiger partial charge is 0.217 e. The first-order valence-electron chi connectivity index (χ1n) is 4.50. The summed E-state index contributed by atoms with van der Waals surface area (Å²) in [5, 5.41) is 3.13. The zero-order chi connectivity index (χ0) is 9.68. The normalized spacial score (nSPS) is 10.5. The number of nitrogens with zero attached hydrogens (tertiary/aromatic N) is 2. The maximum atomic E-state index is 12.6. The van der Waals surface area contributed by atoms with Gasteiger partial charge in [-0.05, 0) is 12.8 Å². The van der Waals surface area contributed by atoms with Crippen LogP contribution in [0.15, 0.2) is 12.4 Å². The van der Waals surface area contributed by atoms with E-state index in [-0.39, 0.29) is 0 Å². The zero-order valence-electron chi connectivity index (χ0n) is 7.92. The first kappa shape index (κ1) is 9.89. The average molecular weight is 183 g/mol. The SMILES string of the molecule is CCC(CC)Nc1cc(F)ncn1. The minimum Gasteiger partial charge on any atom is -0.367 e. The number of anilines is 1. The summed E-state index contributed by atoms with van der Waals surface area (Å²) in [5.41, 5.74) is 0. The van der Waals surface area contributed by atoms with E-state index in [0.717, 1.165) is 12.8 Å². The predicted molar refractivity (Wildman–Crippen MR) is 50.0 cm³/mol. The van der Waals surface area contributed by atoms with Crippen LogP contribution in [0.2, 0.25) is 0 Å². The molecule has 0 atom stereocenters. The van der Waals surface area contributed by atoms with Crippen LogP contribution in [0, 0.1) is 5.95 Å². The van der Waals surface area contributed by atoms with E-state index in [1.165, 1.54) is 12.4 Å². The van der Waals surface area contributed by atoms with Gasteiger partial charge in [-0.2, -0.15) is 4.39 Å². The summed E-state index contributed by atoms with van der Waals surface area (Å²) in [6.07, 6.45) is 3.23. The van der Waals surface area contributed by atoms with E-state index in [2.05, 4.69) is 29.1 Å². The lowest BCUT2D eigenvalue weighted by atomic mass is 10.2. The van der Waals surface area contributed by atoms with Gasteiger partial charge in [0, 0.05) is 12.1 Å². The van der Waals surface area contributed by atoms with E-state index in [4.69, 9.17) is 0 Å². The van der Waals surface area contributed by atoms with Crippen molar-refractivity contribution in [2.45, 2.75) is 32.7 Å². The van der Waals surface area contributed by atoms with E-state index in [1.54, 1.807) is 0 Å². The van der Waals surface area contributed by atoms with Crippen LogP contribution in [0.25, 0.3) is 0 Å². The summed E-state index contributed by atoms with van der Waals surface area (Å²) in [5.74, 6) is 0.0599. The highest BCUT2D eigenvalue weighted by Gasteiger charge is 2.04. The van der Waals surface area contributed by atoms with Crippen molar-refractivity contribution in [3.8, 4) is 0 Å².